The SMILES string of the molecule is Fc1cccc(Nc2nc(C3CC3)nc3sc4ccccc4c23)c1. The molecule has 1 N–H and O–H groups in total. The standard InChI is InChI=1S/C19H14FN3S/c20-12-4-3-5-13(10-12)21-18-16-14-6-1-2-7-15(14)24-19(16)23-17(22-18)11-8-9-11/h1-7,10-11H,8-9H2,(H,21,22,23). The maximum atomic E-state index is 13.5. The first-order valence-electron chi connectivity index (χ1n) is 8.00. The van der Waals surface area contributed by atoms with Gasteiger partial charge in [-0.05, 0) is 37.1 Å². The Morgan fingerprint density at radius 2 is 1.92 bits per heavy atom. The zero-order valence-electron chi connectivity index (χ0n) is 12.8. The number of thiophene rings is 1. The highest BCUT2D eigenvalue weighted by molar-refractivity contribution is 7.25. The molecule has 0 saturated heterocycles. The number of hydrogen-bond donors (Lipinski definition) is 1. The molecule has 0 amide bonds. The van der Waals surface area contributed by atoms with E-state index in [9.17, 15) is 4.39 Å². The third-order valence-corrected chi connectivity index (χ3v) is 5.35. The van der Waals surface area contributed by atoms with Gasteiger partial charge in [0.15, 0.2) is 0 Å². The third-order valence-electron chi connectivity index (χ3n) is 4.29. The van der Waals surface area contributed by atoms with Gasteiger partial charge in [0.05, 0.1) is 5.39 Å². The van der Waals surface area contributed by atoms with Crippen LogP contribution in [0.2, 0.25) is 0 Å². The smallest absolute Gasteiger partial charge is 0.143 e. The Morgan fingerprint density at radius 1 is 1.04 bits per heavy atom. The number of nitrogens with one attached hydrogen (secondary N) is 1. The van der Waals surface area contributed by atoms with Gasteiger partial charge in [-0.15, -0.1) is 11.3 Å². The molecule has 1 aliphatic carbocycles. The molecule has 0 aliphatic heterocycles. The van der Waals surface area contributed by atoms with Crippen molar-refractivity contribution in [1.82, 2.24) is 9.97 Å². The number of halogens is 1. The maximum Gasteiger partial charge on any atom is 0.143 e. The molecule has 0 spiro atoms. The molecule has 1 fully saturated rings. The first-order chi connectivity index (χ1) is 11.8. The average molecular weight is 335 g/mol. The highest BCUT2D eigenvalue weighted by atomic mass is 32.1. The van der Waals surface area contributed by atoms with Crippen molar-refractivity contribution < 1.29 is 4.39 Å². The van der Waals surface area contributed by atoms with E-state index in [2.05, 4.69) is 17.4 Å². The fraction of sp³-hybridized carbons (Fsp3) is 0.158. The lowest BCUT2D eigenvalue weighted by Gasteiger charge is -2.09. The molecule has 0 radical (unpaired) electrons. The number of benzene rings is 2. The number of aromatic nitrogens is 2. The molecule has 0 atom stereocenters. The largest absolute Gasteiger partial charge is 0.339 e. The van der Waals surface area contributed by atoms with Gasteiger partial charge in [-0.2, -0.15) is 0 Å². The summed E-state index contributed by atoms with van der Waals surface area (Å²) in [4.78, 5) is 10.6. The van der Waals surface area contributed by atoms with Crippen LogP contribution in [0.5, 0.6) is 0 Å². The van der Waals surface area contributed by atoms with Crippen molar-refractivity contribution in [2.24, 2.45) is 0 Å². The van der Waals surface area contributed by atoms with E-state index in [0.717, 1.165) is 40.1 Å². The van der Waals surface area contributed by atoms with Crippen LogP contribution >= 0.6 is 11.3 Å². The van der Waals surface area contributed by atoms with Crippen LogP contribution < -0.4 is 5.32 Å². The maximum absolute atomic E-state index is 13.5. The minimum Gasteiger partial charge on any atom is -0.339 e. The summed E-state index contributed by atoms with van der Waals surface area (Å²) in [6.45, 7) is 0. The van der Waals surface area contributed by atoms with Crippen molar-refractivity contribution >= 4 is 43.1 Å². The monoisotopic (exact) mass is 335 g/mol. The zero-order valence-corrected chi connectivity index (χ0v) is 13.6. The lowest BCUT2D eigenvalue weighted by molar-refractivity contribution is 0.628. The molecule has 1 saturated carbocycles. The molecule has 0 bridgehead atoms. The Hall–Kier alpha value is -2.53. The van der Waals surface area contributed by atoms with Crippen LogP contribution in [0.3, 0.4) is 0 Å². The Labute approximate surface area is 142 Å². The summed E-state index contributed by atoms with van der Waals surface area (Å²) in [5.41, 5.74) is 0.701. The van der Waals surface area contributed by atoms with E-state index < -0.39 is 0 Å². The molecule has 3 nitrogen and oxygen atoms in total. The van der Waals surface area contributed by atoms with E-state index >= 15 is 0 Å². The summed E-state index contributed by atoms with van der Waals surface area (Å²) >= 11 is 1.68. The van der Waals surface area contributed by atoms with Gasteiger partial charge in [0.1, 0.15) is 22.3 Å². The number of nitrogens with zero attached hydrogens (tertiary/aromatic N) is 2. The second-order valence-electron chi connectivity index (χ2n) is 6.12. The summed E-state index contributed by atoms with van der Waals surface area (Å²) in [5.74, 6) is 1.87. The minimum absolute atomic E-state index is 0.261. The van der Waals surface area contributed by atoms with Gasteiger partial charge in [0, 0.05) is 21.7 Å². The second kappa shape index (κ2) is 5.24. The Kier molecular flexibility index (Phi) is 3.03. The van der Waals surface area contributed by atoms with Crippen molar-refractivity contribution in [3.8, 4) is 0 Å². The quantitative estimate of drug-likeness (QED) is 0.529. The average Bonchev–Trinajstić information content (AvgIpc) is 3.35. The molecular formula is C19H14FN3S. The van der Waals surface area contributed by atoms with Crippen LogP contribution in [-0.2, 0) is 0 Å². The topological polar surface area (TPSA) is 37.8 Å². The zero-order chi connectivity index (χ0) is 16.1. The Balaban J connectivity index is 1.74. The van der Waals surface area contributed by atoms with E-state index in [4.69, 9.17) is 9.97 Å². The predicted molar refractivity (Wildman–Crippen MR) is 96.6 cm³/mol. The van der Waals surface area contributed by atoms with E-state index in [1.807, 2.05) is 18.2 Å². The molecule has 0 unspecified atom stereocenters. The first-order valence-corrected chi connectivity index (χ1v) is 8.81. The van der Waals surface area contributed by atoms with Gasteiger partial charge in [-0.1, -0.05) is 24.3 Å². The molecule has 5 rings (SSSR count). The highest BCUT2D eigenvalue weighted by Crippen LogP contribution is 2.42. The number of hydrogen-bond acceptors (Lipinski definition) is 4. The summed E-state index contributed by atoms with van der Waals surface area (Å²) < 4.78 is 14.7. The minimum atomic E-state index is -0.261. The van der Waals surface area contributed by atoms with Crippen LogP contribution in [0.25, 0.3) is 20.3 Å². The molecule has 2 heterocycles. The molecule has 2 aromatic carbocycles. The highest BCUT2D eigenvalue weighted by Gasteiger charge is 2.28. The molecule has 1 aliphatic rings. The predicted octanol–water partition coefficient (Wildman–Crippen LogP) is 5.60. The Bertz CT molecular complexity index is 1070. The van der Waals surface area contributed by atoms with Gasteiger partial charge in [-0.3, -0.25) is 0 Å². The molecule has 24 heavy (non-hydrogen) atoms. The van der Waals surface area contributed by atoms with Crippen LogP contribution in [0.1, 0.15) is 24.6 Å². The summed E-state index contributed by atoms with van der Waals surface area (Å²) in [5, 5.41) is 5.46. The van der Waals surface area contributed by atoms with Gasteiger partial charge in [0.2, 0.25) is 0 Å². The first kappa shape index (κ1) is 13.9. The molecule has 5 heteroatoms. The summed E-state index contributed by atoms with van der Waals surface area (Å²) in [7, 11) is 0. The lowest BCUT2D eigenvalue weighted by Crippen LogP contribution is -2.00. The lowest BCUT2D eigenvalue weighted by atomic mass is 10.2. The molecule has 4 aromatic rings. The van der Waals surface area contributed by atoms with Crippen LogP contribution in [-0.4, -0.2) is 9.97 Å². The van der Waals surface area contributed by atoms with E-state index in [-0.39, 0.29) is 5.82 Å². The van der Waals surface area contributed by atoms with E-state index in [1.165, 1.54) is 16.8 Å². The number of anilines is 2. The van der Waals surface area contributed by atoms with Crippen molar-refractivity contribution in [3.05, 3.63) is 60.2 Å². The van der Waals surface area contributed by atoms with E-state index in [1.54, 1.807) is 17.4 Å². The molecule has 2 aromatic heterocycles. The van der Waals surface area contributed by atoms with Gasteiger partial charge < -0.3 is 5.32 Å². The van der Waals surface area contributed by atoms with E-state index in [0.29, 0.717) is 11.6 Å². The van der Waals surface area contributed by atoms with Crippen molar-refractivity contribution in [2.45, 2.75) is 18.8 Å². The van der Waals surface area contributed by atoms with Gasteiger partial charge in [0.25, 0.3) is 0 Å². The summed E-state index contributed by atoms with van der Waals surface area (Å²) in [6, 6.07) is 14.7. The fourth-order valence-corrected chi connectivity index (χ4v) is 4.04. The van der Waals surface area contributed by atoms with Crippen LogP contribution in [0, 0.1) is 5.82 Å². The van der Waals surface area contributed by atoms with Crippen molar-refractivity contribution in [2.75, 3.05) is 5.32 Å². The molecule has 118 valence electrons. The molecular weight excluding hydrogens is 321 g/mol. The normalized spacial score (nSPS) is 14.4. The van der Waals surface area contributed by atoms with Gasteiger partial charge in [-0.25, -0.2) is 14.4 Å². The van der Waals surface area contributed by atoms with Crippen molar-refractivity contribution in [1.29, 1.82) is 0 Å². The van der Waals surface area contributed by atoms with Crippen LogP contribution in [0.15, 0.2) is 48.5 Å². The van der Waals surface area contributed by atoms with Crippen molar-refractivity contribution in [3.63, 3.8) is 0 Å². The fourth-order valence-electron chi connectivity index (χ4n) is 2.96. The second-order valence-corrected chi connectivity index (χ2v) is 7.15. The van der Waals surface area contributed by atoms with Gasteiger partial charge >= 0.3 is 0 Å². The number of fused-ring (bicyclic) bond motifs is 3. The number of rotatable bonds is 3. The summed E-state index contributed by atoms with van der Waals surface area (Å²) in [6.07, 6.45) is 2.30. The van der Waals surface area contributed by atoms with Crippen LogP contribution in [0.4, 0.5) is 15.9 Å². The Morgan fingerprint density at radius 3 is 2.75 bits per heavy atom. The third kappa shape index (κ3) is 2.32.